The molecule has 2 aromatic carbocycles. The van der Waals surface area contributed by atoms with E-state index < -0.39 is 21.5 Å². The Bertz CT molecular complexity index is 958. The van der Waals surface area contributed by atoms with Crippen LogP contribution in [0.25, 0.3) is 0 Å². The minimum Gasteiger partial charge on any atom is -0.381 e. The summed E-state index contributed by atoms with van der Waals surface area (Å²) >= 11 is 0. The van der Waals surface area contributed by atoms with Crippen molar-refractivity contribution in [1.82, 2.24) is 4.90 Å². The zero-order valence-electron chi connectivity index (χ0n) is 15.1. The number of fused-ring (bicyclic) bond motifs is 3. The number of anilines is 1. The number of nitrogens with one attached hydrogen (secondary N) is 1. The van der Waals surface area contributed by atoms with Crippen molar-refractivity contribution < 1.29 is 17.2 Å². The van der Waals surface area contributed by atoms with Gasteiger partial charge in [0.15, 0.2) is 0 Å². The van der Waals surface area contributed by atoms with E-state index in [1.165, 1.54) is 6.07 Å². The van der Waals surface area contributed by atoms with Crippen molar-refractivity contribution in [3.63, 3.8) is 0 Å². The van der Waals surface area contributed by atoms with Gasteiger partial charge in [0.1, 0.15) is 11.6 Å². The summed E-state index contributed by atoms with van der Waals surface area (Å²) < 4.78 is 52.8. The lowest BCUT2D eigenvalue weighted by Crippen LogP contribution is -2.25. The quantitative estimate of drug-likeness (QED) is 0.864. The molecular weight excluding hydrogens is 370 g/mol. The molecule has 1 unspecified atom stereocenters. The summed E-state index contributed by atoms with van der Waals surface area (Å²) in [4.78, 5) is 2.11. The molecule has 4 rings (SSSR count). The molecule has 7 heteroatoms. The molecule has 0 bridgehead atoms. The van der Waals surface area contributed by atoms with Crippen molar-refractivity contribution >= 4 is 15.5 Å². The van der Waals surface area contributed by atoms with Crippen molar-refractivity contribution in [2.45, 2.75) is 41.5 Å². The number of likely N-dealkylation sites (tertiary alicyclic amines) is 1. The van der Waals surface area contributed by atoms with Gasteiger partial charge in [-0.1, -0.05) is 6.92 Å². The normalized spacial score (nSPS) is 22.6. The molecule has 2 atom stereocenters. The maximum Gasteiger partial charge on any atom is 0.206 e. The van der Waals surface area contributed by atoms with Crippen molar-refractivity contribution in [1.29, 1.82) is 0 Å². The molecule has 0 aliphatic carbocycles. The minimum absolute atomic E-state index is 0.0743. The largest absolute Gasteiger partial charge is 0.381 e. The molecule has 4 nitrogen and oxygen atoms in total. The lowest BCUT2D eigenvalue weighted by atomic mass is 9.91. The molecule has 0 aromatic heterocycles. The first-order chi connectivity index (χ1) is 12.9. The molecule has 0 spiro atoms. The van der Waals surface area contributed by atoms with Crippen LogP contribution in [0.4, 0.5) is 14.5 Å². The molecule has 1 N–H and O–H groups in total. The number of nitrogens with zero attached hydrogens (tertiary/aromatic N) is 1. The Morgan fingerprint density at radius 3 is 2.44 bits per heavy atom. The number of sulfone groups is 1. The zero-order chi connectivity index (χ0) is 19.2. The summed E-state index contributed by atoms with van der Waals surface area (Å²) in [6.45, 7) is 5.15. The van der Waals surface area contributed by atoms with Gasteiger partial charge >= 0.3 is 0 Å². The fourth-order valence-corrected chi connectivity index (χ4v) is 5.52. The predicted molar refractivity (Wildman–Crippen MR) is 99.8 cm³/mol. The number of halogens is 2. The molecule has 2 aliphatic heterocycles. The van der Waals surface area contributed by atoms with Gasteiger partial charge in [-0.2, -0.15) is 0 Å². The molecular formula is C20H22F2N2O2S. The molecule has 0 saturated carbocycles. The third kappa shape index (κ3) is 3.34. The van der Waals surface area contributed by atoms with Gasteiger partial charge in [-0.15, -0.1) is 0 Å². The van der Waals surface area contributed by atoms with Crippen LogP contribution in [0.1, 0.15) is 31.2 Å². The van der Waals surface area contributed by atoms with Crippen LogP contribution in [0.2, 0.25) is 0 Å². The molecule has 2 heterocycles. The summed E-state index contributed by atoms with van der Waals surface area (Å²) in [5.74, 6) is -1.56. The first kappa shape index (κ1) is 18.4. The van der Waals surface area contributed by atoms with E-state index >= 15 is 0 Å². The Morgan fingerprint density at radius 1 is 1.04 bits per heavy atom. The standard InChI is InChI=1S/C20H22F2N2O2S/c1-2-24-7-5-17-18-12-15(3-4-19(18)23-20(17)6-8-24)27(25,26)16-10-13(21)9-14(22)11-16/h3-4,9-12,17,20,23H,2,5-8H2,1H3/t17-,20?/m0/s1. The highest BCUT2D eigenvalue weighted by Crippen LogP contribution is 2.42. The Hall–Kier alpha value is -1.99. The maximum absolute atomic E-state index is 13.5. The molecule has 1 saturated heterocycles. The molecule has 2 aromatic rings. The van der Waals surface area contributed by atoms with E-state index in [2.05, 4.69) is 17.1 Å². The van der Waals surface area contributed by atoms with Gasteiger partial charge in [-0.3, -0.25) is 0 Å². The van der Waals surface area contributed by atoms with Crippen LogP contribution in [0.15, 0.2) is 46.2 Å². The van der Waals surface area contributed by atoms with Gasteiger partial charge < -0.3 is 10.2 Å². The van der Waals surface area contributed by atoms with E-state index in [0.717, 1.165) is 55.9 Å². The second-order valence-electron chi connectivity index (χ2n) is 7.23. The lowest BCUT2D eigenvalue weighted by Gasteiger charge is -2.17. The third-order valence-corrected chi connectivity index (χ3v) is 7.40. The van der Waals surface area contributed by atoms with Crippen LogP contribution >= 0.6 is 0 Å². The molecule has 0 amide bonds. The smallest absolute Gasteiger partial charge is 0.206 e. The second kappa shape index (κ2) is 6.87. The van der Waals surface area contributed by atoms with E-state index in [0.29, 0.717) is 12.1 Å². The number of hydrogen-bond donors (Lipinski definition) is 1. The Kier molecular flexibility index (Phi) is 4.68. The van der Waals surface area contributed by atoms with E-state index in [-0.39, 0.29) is 15.7 Å². The molecule has 0 radical (unpaired) electrons. The average Bonchev–Trinajstić information content (AvgIpc) is 2.84. The van der Waals surface area contributed by atoms with E-state index in [1.807, 2.05) is 0 Å². The Labute approximate surface area is 158 Å². The number of rotatable bonds is 3. The first-order valence-electron chi connectivity index (χ1n) is 9.22. The highest BCUT2D eigenvalue weighted by atomic mass is 32.2. The fourth-order valence-electron chi connectivity index (χ4n) is 4.18. The van der Waals surface area contributed by atoms with Crippen LogP contribution in [0.5, 0.6) is 0 Å². The monoisotopic (exact) mass is 392 g/mol. The van der Waals surface area contributed by atoms with Crippen LogP contribution in [-0.2, 0) is 9.84 Å². The van der Waals surface area contributed by atoms with Gasteiger partial charge in [0.2, 0.25) is 9.84 Å². The molecule has 27 heavy (non-hydrogen) atoms. The maximum atomic E-state index is 13.5. The second-order valence-corrected chi connectivity index (χ2v) is 9.18. The Balaban J connectivity index is 1.70. The summed E-state index contributed by atoms with van der Waals surface area (Å²) in [7, 11) is -3.99. The fraction of sp³-hybridized carbons (Fsp3) is 0.400. The van der Waals surface area contributed by atoms with Gasteiger partial charge in [-0.25, -0.2) is 17.2 Å². The topological polar surface area (TPSA) is 49.4 Å². The average molecular weight is 392 g/mol. The van der Waals surface area contributed by atoms with Gasteiger partial charge in [0.25, 0.3) is 0 Å². The summed E-state index contributed by atoms with van der Waals surface area (Å²) in [6.07, 6.45) is 1.96. The molecule has 144 valence electrons. The van der Waals surface area contributed by atoms with E-state index in [4.69, 9.17) is 0 Å². The highest BCUT2D eigenvalue weighted by molar-refractivity contribution is 7.91. The minimum atomic E-state index is -3.99. The highest BCUT2D eigenvalue weighted by Gasteiger charge is 2.35. The zero-order valence-corrected chi connectivity index (χ0v) is 15.9. The molecule has 2 aliphatic rings. The van der Waals surface area contributed by atoms with Crippen molar-refractivity contribution in [3.05, 3.63) is 53.6 Å². The van der Waals surface area contributed by atoms with Crippen molar-refractivity contribution in [2.24, 2.45) is 0 Å². The third-order valence-electron chi connectivity index (χ3n) is 5.67. The summed E-state index contributed by atoms with van der Waals surface area (Å²) in [5, 5.41) is 3.52. The van der Waals surface area contributed by atoms with Crippen LogP contribution in [0, 0.1) is 11.6 Å². The molecule has 1 fully saturated rings. The van der Waals surface area contributed by atoms with Crippen LogP contribution < -0.4 is 5.32 Å². The van der Waals surface area contributed by atoms with Crippen LogP contribution in [0.3, 0.4) is 0 Å². The van der Waals surface area contributed by atoms with E-state index in [1.54, 1.807) is 12.1 Å². The van der Waals surface area contributed by atoms with Gasteiger partial charge in [0, 0.05) is 30.3 Å². The lowest BCUT2D eigenvalue weighted by molar-refractivity contribution is 0.298. The van der Waals surface area contributed by atoms with E-state index in [9.17, 15) is 17.2 Å². The summed E-state index contributed by atoms with van der Waals surface area (Å²) in [6, 6.07) is 7.63. The van der Waals surface area contributed by atoms with Gasteiger partial charge in [0.05, 0.1) is 9.79 Å². The summed E-state index contributed by atoms with van der Waals surface area (Å²) in [5.41, 5.74) is 1.94. The number of hydrogen-bond acceptors (Lipinski definition) is 4. The van der Waals surface area contributed by atoms with Gasteiger partial charge in [-0.05, 0) is 61.8 Å². The SMILES string of the molecule is CCN1CCC2Nc3ccc(S(=O)(=O)c4cc(F)cc(F)c4)cc3[C@@H]2CC1. The van der Waals surface area contributed by atoms with Crippen molar-refractivity contribution in [2.75, 3.05) is 25.0 Å². The first-order valence-corrected chi connectivity index (χ1v) is 10.7. The Morgan fingerprint density at radius 2 is 1.74 bits per heavy atom. The van der Waals surface area contributed by atoms with Crippen LogP contribution in [-0.4, -0.2) is 39.0 Å². The predicted octanol–water partition coefficient (Wildman–Crippen LogP) is 3.79. The van der Waals surface area contributed by atoms with Crippen molar-refractivity contribution in [3.8, 4) is 0 Å². The number of benzene rings is 2.